The highest BCUT2D eigenvalue weighted by Gasteiger charge is 2.35. The van der Waals surface area contributed by atoms with Crippen LogP contribution in [0.25, 0.3) is 6.08 Å². The van der Waals surface area contributed by atoms with Gasteiger partial charge in [0, 0.05) is 14.1 Å². The van der Waals surface area contributed by atoms with E-state index < -0.39 is 17.8 Å². The van der Waals surface area contributed by atoms with Crippen molar-refractivity contribution in [2.45, 2.75) is 6.92 Å². The van der Waals surface area contributed by atoms with E-state index in [0.717, 1.165) is 0 Å². The molecular weight excluding hydrogens is 344 g/mol. The van der Waals surface area contributed by atoms with Gasteiger partial charge in [-0.1, -0.05) is 12.1 Å². The van der Waals surface area contributed by atoms with Crippen molar-refractivity contribution in [1.82, 2.24) is 9.80 Å². The highest BCUT2D eigenvalue weighted by Crippen LogP contribution is 2.19. The van der Waals surface area contributed by atoms with Gasteiger partial charge in [-0.15, -0.1) is 0 Å². The zero-order valence-electron chi connectivity index (χ0n) is 14.1. The second-order valence-electron chi connectivity index (χ2n) is 5.23. The Morgan fingerprint density at radius 2 is 1.68 bits per heavy atom. The molecule has 0 aliphatic carbocycles. The molecule has 0 unspecified atom stereocenters. The van der Waals surface area contributed by atoms with E-state index in [1.54, 1.807) is 31.2 Å². The molecule has 0 aromatic heterocycles. The largest absolute Gasteiger partial charge is 0.482 e. The van der Waals surface area contributed by atoms with Crippen LogP contribution in [0, 0.1) is 0 Å². The van der Waals surface area contributed by atoms with Crippen LogP contribution >= 0.6 is 12.2 Å². The van der Waals surface area contributed by atoms with Crippen LogP contribution in [0.2, 0.25) is 0 Å². The van der Waals surface area contributed by atoms with Gasteiger partial charge in [0.1, 0.15) is 11.3 Å². The van der Waals surface area contributed by atoms with E-state index in [0.29, 0.717) is 17.9 Å². The van der Waals surface area contributed by atoms with Crippen LogP contribution in [0.15, 0.2) is 29.8 Å². The van der Waals surface area contributed by atoms with Gasteiger partial charge in [-0.3, -0.25) is 19.4 Å². The second-order valence-corrected chi connectivity index (χ2v) is 5.60. The van der Waals surface area contributed by atoms with Crippen molar-refractivity contribution >= 4 is 41.2 Å². The van der Waals surface area contributed by atoms with Gasteiger partial charge in [-0.25, -0.2) is 4.79 Å². The topological polar surface area (TPSA) is 76.2 Å². The third-order valence-electron chi connectivity index (χ3n) is 3.50. The molecule has 132 valence electrons. The predicted octanol–water partition coefficient (Wildman–Crippen LogP) is 1.23. The number of likely N-dealkylation sites (N-methyl/N-ethyl adjacent to an activating group) is 2. The lowest BCUT2D eigenvalue weighted by molar-refractivity contribution is -0.145. The van der Waals surface area contributed by atoms with Crippen molar-refractivity contribution in [3.63, 3.8) is 0 Å². The van der Waals surface area contributed by atoms with Crippen molar-refractivity contribution < 1.29 is 23.9 Å². The summed E-state index contributed by atoms with van der Waals surface area (Å²) in [6.07, 6.45) is 1.49. The molecule has 1 saturated heterocycles. The number of rotatable bonds is 5. The maximum Gasteiger partial charge on any atom is 0.344 e. The number of amides is 2. The summed E-state index contributed by atoms with van der Waals surface area (Å²) in [6.45, 7) is 1.83. The standard InChI is InChI=1S/C17H18N2O5S/c1-4-23-14(20)10-24-12-7-5-11(6-8-12)9-13-15(21)18(2)17(25)19(3)16(13)22/h5-9H,4,10H2,1-3H3. The number of thiocarbonyl (C=S) groups is 1. The molecule has 2 amide bonds. The Morgan fingerprint density at radius 1 is 1.12 bits per heavy atom. The first-order valence-electron chi connectivity index (χ1n) is 7.55. The lowest BCUT2D eigenvalue weighted by Gasteiger charge is -2.31. The molecule has 2 rings (SSSR count). The van der Waals surface area contributed by atoms with Gasteiger partial charge >= 0.3 is 5.97 Å². The first-order valence-corrected chi connectivity index (χ1v) is 7.96. The molecule has 25 heavy (non-hydrogen) atoms. The fraction of sp³-hybridized carbons (Fsp3) is 0.294. The molecule has 1 aliphatic rings. The van der Waals surface area contributed by atoms with Gasteiger partial charge in [0.05, 0.1) is 6.61 Å². The predicted molar refractivity (Wildman–Crippen MR) is 94.7 cm³/mol. The van der Waals surface area contributed by atoms with E-state index >= 15 is 0 Å². The molecule has 0 bridgehead atoms. The number of nitrogens with zero attached hydrogens (tertiary/aromatic N) is 2. The summed E-state index contributed by atoms with van der Waals surface area (Å²) in [6, 6.07) is 6.64. The van der Waals surface area contributed by atoms with E-state index in [-0.39, 0.29) is 17.3 Å². The minimum Gasteiger partial charge on any atom is -0.482 e. The first-order chi connectivity index (χ1) is 11.8. The van der Waals surface area contributed by atoms with E-state index in [2.05, 4.69) is 0 Å². The Hall–Kier alpha value is -2.74. The van der Waals surface area contributed by atoms with Gasteiger partial charge in [0.15, 0.2) is 11.7 Å². The maximum absolute atomic E-state index is 12.2. The summed E-state index contributed by atoms with van der Waals surface area (Å²) in [7, 11) is 3.04. The third kappa shape index (κ3) is 4.21. The first kappa shape index (κ1) is 18.6. The monoisotopic (exact) mass is 362 g/mol. The van der Waals surface area contributed by atoms with Crippen LogP contribution in [0.5, 0.6) is 5.75 Å². The molecule has 1 aliphatic heterocycles. The van der Waals surface area contributed by atoms with Crippen LogP contribution in [0.3, 0.4) is 0 Å². The van der Waals surface area contributed by atoms with Crippen LogP contribution in [0.4, 0.5) is 0 Å². The van der Waals surface area contributed by atoms with Crippen LogP contribution in [-0.2, 0) is 19.1 Å². The Kier molecular flexibility index (Phi) is 5.87. The Bertz CT molecular complexity index is 716. The Balaban J connectivity index is 2.13. The number of esters is 1. The van der Waals surface area contributed by atoms with Crippen molar-refractivity contribution in [1.29, 1.82) is 0 Å². The van der Waals surface area contributed by atoms with Crippen molar-refractivity contribution in [2.75, 3.05) is 27.3 Å². The lowest BCUT2D eigenvalue weighted by Crippen LogP contribution is -2.52. The molecule has 1 aromatic carbocycles. The SMILES string of the molecule is CCOC(=O)COc1ccc(C=C2C(=O)N(C)C(=S)N(C)C2=O)cc1. The van der Waals surface area contributed by atoms with Crippen LogP contribution < -0.4 is 4.74 Å². The maximum atomic E-state index is 12.2. The molecule has 0 spiro atoms. The normalized spacial score (nSPS) is 14.7. The highest BCUT2D eigenvalue weighted by molar-refractivity contribution is 7.80. The number of benzene rings is 1. The zero-order chi connectivity index (χ0) is 18.6. The average Bonchev–Trinajstić information content (AvgIpc) is 2.61. The summed E-state index contributed by atoms with van der Waals surface area (Å²) in [4.78, 5) is 38.3. The molecule has 0 atom stereocenters. The number of hydrogen-bond acceptors (Lipinski definition) is 6. The van der Waals surface area contributed by atoms with E-state index in [4.69, 9.17) is 21.7 Å². The summed E-state index contributed by atoms with van der Waals surface area (Å²) < 4.78 is 10.1. The molecule has 1 heterocycles. The van der Waals surface area contributed by atoms with Crippen molar-refractivity contribution in [3.05, 3.63) is 35.4 Å². The second kappa shape index (κ2) is 7.89. The van der Waals surface area contributed by atoms with Gasteiger partial charge < -0.3 is 9.47 Å². The number of carbonyl (C=O) groups is 3. The van der Waals surface area contributed by atoms with E-state index in [9.17, 15) is 14.4 Å². The van der Waals surface area contributed by atoms with Gasteiger partial charge in [-0.05, 0) is 42.9 Å². The summed E-state index contributed by atoms with van der Waals surface area (Å²) in [5.74, 6) is -0.868. The fourth-order valence-corrected chi connectivity index (χ4v) is 2.31. The van der Waals surface area contributed by atoms with E-state index in [1.165, 1.54) is 30.0 Å². The summed E-state index contributed by atoms with van der Waals surface area (Å²) in [5.41, 5.74) is 0.675. The van der Waals surface area contributed by atoms with Gasteiger partial charge in [0.25, 0.3) is 11.8 Å². The molecule has 0 radical (unpaired) electrons. The van der Waals surface area contributed by atoms with Gasteiger partial charge in [0.2, 0.25) is 0 Å². The Labute approximate surface area is 150 Å². The molecule has 8 heteroatoms. The van der Waals surface area contributed by atoms with Gasteiger partial charge in [-0.2, -0.15) is 0 Å². The molecular formula is C17H18N2O5S. The smallest absolute Gasteiger partial charge is 0.344 e. The van der Waals surface area contributed by atoms with Crippen LogP contribution in [-0.4, -0.2) is 60.0 Å². The zero-order valence-corrected chi connectivity index (χ0v) is 15.0. The molecule has 0 saturated carbocycles. The van der Waals surface area contributed by atoms with Crippen molar-refractivity contribution in [2.24, 2.45) is 0 Å². The summed E-state index contributed by atoms with van der Waals surface area (Å²) >= 11 is 5.04. The summed E-state index contributed by atoms with van der Waals surface area (Å²) in [5, 5.41) is 0.162. The molecule has 1 fully saturated rings. The fourth-order valence-electron chi connectivity index (χ4n) is 2.15. The minimum absolute atomic E-state index is 0.0267. The molecule has 7 nitrogen and oxygen atoms in total. The number of hydrogen-bond donors (Lipinski definition) is 0. The molecule has 0 N–H and O–H groups in total. The highest BCUT2D eigenvalue weighted by atomic mass is 32.1. The third-order valence-corrected chi connectivity index (χ3v) is 4.04. The van der Waals surface area contributed by atoms with Crippen molar-refractivity contribution in [3.8, 4) is 5.75 Å². The van der Waals surface area contributed by atoms with E-state index in [1.807, 2.05) is 0 Å². The number of carbonyl (C=O) groups excluding carboxylic acids is 3. The van der Waals surface area contributed by atoms with Crippen LogP contribution in [0.1, 0.15) is 12.5 Å². The number of ether oxygens (including phenoxy) is 2. The Morgan fingerprint density at radius 3 is 2.20 bits per heavy atom. The molecule has 1 aromatic rings. The minimum atomic E-state index is -0.450. The average molecular weight is 362 g/mol. The quantitative estimate of drug-likeness (QED) is 0.339. The lowest BCUT2D eigenvalue weighted by atomic mass is 10.1.